The van der Waals surface area contributed by atoms with E-state index in [-0.39, 0.29) is 0 Å². The number of para-hydroxylation sites is 1. The summed E-state index contributed by atoms with van der Waals surface area (Å²) in [5.74, 6) is 1.50. The van der Waals surface area contributed by atoms with Crippen LogP contribution in [0.2, 0.25) is 10.0 Å². The van der Waals surface area contributed by atoms with Gasteiger partial charge in [0.25, 0.3) is 0 Å². The fourth-order valence-corrected chi connectivity index (χ4v) is 3.29. The minimum atomic E-state index is 0.551. The number of nitrogens with zero attached hydrogens (tertiary/aromatic N) is 3. The number of hydrogen-bond acceptors (Lipinski definition) is 5. The molecule has 1 aromatic heterocycles. The number of aromatic nitrogens is 1. The zero-order valence-corrected chi connectivity index (χ0v) is 15.2. The molecule has 0 atom stereocenters. The highest BCUT2D eigenvalue weighted by atomic mass is 35.5. The fraction of sp³-hybridized carbons (Fsp3) is 0.471. The molecule has 3 rings (SSSR count). The number of halogens is 2. The molecule has 0 aliphatic carbocycles. The highest BCUT2D eigenvalue weighted by Gasteiger charge is 2.18. The monoisotopic (exact) mass is 369 g/mol. The number of rotatable bonds is 6. The molecule has 1 saturated heterocycles. The van der Waals surface area contributed by atoms with Crippen LogP contribution in [-0.2, 0) is 6.54 Å². The SMILES string of the molecule is Cc1cc(CN2CCN(CCOc3c(Cl)cccc3Cl)CC2)on1. The molecule has 1 aliphatic rings. The summed E-state index contributed by atoms with van der Waals surface area (Å²) in [7, 11) is 0. The largest absolute Gasteiger partial charge is 0.489 e. The lowest BCUT2D eigenvalue weighted by Crippen LogP contribution is -2.46. The maximum Gasteiger partial charge on any atom is 0.156 e. The van der Waals surface area contributed by atoms with Gasteiger partial charge in [0.2, 0.25) is 0 Å². The van der Waals surface area contributed by atoms with Gasteiger partial charge < -0.3 is 9.26 Å². The Bertz CT molecular complexity index is 649. The molecule has 0 spiro atoms. The van der Waals surface area contributed by atoms with Crippen molar-refractivity contribution in [2.24, 2.45) is 0 Å². The molecule has 130 valence electrons. The van der Waals surface area contributed by atoms with Gasteiger partial charge in [0, 0.05) is 38.8 Å². The Labute approximate surface area is 152 Å². The molecule has 0 radical (unpaired) electrons. The number of piperazine rings is 1. The zero-order valence-electron chi connectivity index (χ0n) is 13.7. The molecule has 0 saturated carbocycles. The first-order chi connectivity index (χ1) is 11.6. The first-order valence-corrected chi connectivity index (χ1v) is 8.81. The van der Waals surface area contributed by atoms with E-state index in [9.17, 15) is 0 Å². The van der Waals surface area contributed by atoms with Gasteiger partial charge in [-0.2, -0.15) is 0 Å². The average Bonchev–Trinajstić information content (AvgIpc) is 2.97. The Hall–Kier alpha value is -1.27. The van der Waals surface area contributed by atoms with Crippen LogP contribution in [0.1, 0.15) is 11.5 Å². The highest BCUT2D eigenvalue weighted by molar-refractivity contribution is 6.37. The van der Waals surface area contributed by atoms with Crippen LogP contribution < -0.4 is 4.74 Å². The van der Waals surface area contributed by atoms with Crippen LogP contribution in [0.25, 0.3) is 0 Å². The molecule has 7 heteroatoms. The van der Waals surface area contributed by atoms with Gasteiger partial charge in [-0.15, -0.1) is 0 Å². The molecule has 0 N–H and O–H groups in total. The van der Waals surface area contributed by atoms with Crippen LogP contribution in [0.4, 0.5) is 0 Å². The summed E-state index contributed by atoms with van der Waals surface area (Å²) >= 11 is 12.2. The predicted molar refractivity (Wildman–Crippen MR) is 94.9 cm³/mol. The Morgan fingerprint density at radius 2 is 1.79 bits per heavy atom. The Kier molecular flexibility index (Phi) is 6.00. The van der Waals surface area contributed by atoms with E-state index in [1.54, 1.807) is 12.1 Å². The first kappa shape index (κ1) is 17.5. The van der Waals surface area contributed by atoms with E-state index in [1.165, 1.54) is 0 Å². The molecule has 0 amide bonds. The third kappa shape index (κ3) is 4.63. The lowest BCUT2D eigenvalue weighted by atomic mass is 10.3. The molecule has 0 unspecified atom stereocenters. The maximum absolute atomic E-state index is 6.11. The van der Waals surface area contributed by atoms with Crippen molar-refractivity contribution < 1.29 is 9.26 Å². The van der Waals surface area contributed by atoms with Gasteiger partial charge in [-0.05, 0) is 19.1 Å². The summed E-state index contributed by atoms with van der Waals surface area (Å²) in [5.41, 5.74) is 0.930. The number of ether oxygens (including phenoxy) is 1. The van der Waals surface area contributed by atoms with Gasteiger partial charge in [0.15, 0.2) is 11.5 Å². The van der Waals surface area contributed by atoms with E-state index < -0.39 is 0 Å². The number of benzene rings is 1. The van der Waals surface area contributed by atoms with Crippen molar-refractivity contribution in [2.75, 3.05) is 39.3 Å². The average molecular weight is 370 g/mol. The molecule has 2 aromatic rings. The molecule has 0 bridgehead atoms. The Morgan fingerprint density at radius 3 is 2.42 bits per heavy atom. The van der Waals surface area contributed by atoms with Crippen LogP contribution in [0.3, 0.4) is 0 Å². The van der Waals surface area contributed by atoms with Crippen molar-refractivity contribution in [3.63, 3.8) is 0 Å². The summed E-state index contributed by atoms with van der Waals surface area (Å²) in [6, 6.07) is 7.37. The second-order valence-electron chi connectivity index (χ2n) is 5.95. The minimum absolute atomic E-state index is 0.551. The highest BCUT2D eigenvalue weighted by Crippen LogP contribution is 2.32. The van der Waals surface area contributed by atoms with Gasteiger partial charge >= 0.3 is 0 Å². The van der Waals surface area contributed by atoms with Crippen LogP contribution in [0.15, 0.2) is 28.8 Å². The lowest BCUT2D eigenvalue weighted by Gasteiger charge is -2.34. The van der Waals surface area contributed by atoms with E-state index in [0.717, 1.165) is 50.7 Å². The summed E-state index contributed by atoms with van der Waals surface area (Å²) in [5, 5.41) is 5.03. The molecule has 5 nitrogen and oxygen atoms in total. The quantitative estimate of drug-likeness (QED) is 0.779. The van der Waals surface area contributed by atoms with Gasteiger partial charge in [0.05, 0.1) is 22.3 Å². The second kappa shape index (κ2) is 8.21. The van der Waals surface area contributed by atoms with E-state index in [2.05, 4.69) is 15.0 Å². The van der Waals surface area contributed by atoms with Crippen molar-refractivity contribution >= 4 is 23.2 Å². The van der Waals surface area contributed by atoms with E-state index >= 15 is 0 Å². The van der Waals surface area contributed by atoms with Gasteiger partial charge in [-0.3, -0.25) is 9.80 Å². The summed E-state index contributed by atoms with van der Waals surface area (Å²) < 4.78 is 11.0. The lowest BCUT2D eigenvalue weighted by molar-refractivity contribution is 0.106. The molecular weight excluding hydrogens is 349 g/mol. The van der Waals surface area contributed by atoms with Gasteiger partial charge in [-0.1, -0.05) is 34.4 Å². The molecular formula is C17H21Cl2N3O2. The topological polar surface area (TPSA) is 41.7 Å². The van der Waals surface area contributed by atoms with E-state index in [1.807, 2.05) is 19.1 Å². The van der Waals surface area contributed by atoms with E-state index in [0.29, 0.717) is 22.4 Å². The smallest absolute Gasteiger partial charge is 0.156 e. The van der Waals surface area contributed by atoms with Gasteiger partial charge in [0.1, 0.15) is 6.61 Å². The maximum atomic E-state index is 6.11. The predicted octanol–water partition coefficient (Wildman–Crippen LogP) is 3.49. The van der Waals surface area contributed by atoms with E-state index in [4.69, 9.17) is 32.5 Å². The zero-order chi connectivity index (χ0) is 16.9. The molecule has 1 fully saturated rings. The molecule has 2 heterocycles. The van der Waals surface area contributed by atoms with Crippen molar-refractivity contribution in [3.05, 3.63) is 45.8 Å². The minimum Gasteiger partial charge on any atom is -0.489 e. The fourth-order valence-electron chi connectivity index (χ4n) is 2.78. The van der Waals surface area contributed by atoms with Crippen LogP contribution >= 0.6 is 23.2 Å². The number of aryl methyl sites for hydroxylation is 1. The summed E-state index contributed by atoms with van der Waals surface area (Å²) in [6.45, 7) is 8.22. The van der Waals surface area contributed by atoms with Gasteiger partial charge in [-0.25, -0.2) is 0 Å². The third-order valence-electron chi connectivity index (χ3n) is 4.09. The van der Waals surface area contributed by atoms with Crippen molar-refractivity contribution in [1.29, 1.82) is 0 Å². The summed E-state index contributed by atoms with van der Waals surface area (Å²) in [4.78, 5) is 4.76. The third-order valence-corrected chi connectivity index (χ3v) is 4.69. The first-order valence-electron chi connectivity index (χ1n) is 8.05. The second-order valence-corrected chi connectivity index (χ2v) is 6.77. The van der Waals surface area contributed by atoms with Crippen LogP contribution in [-0.4, -0.2) is 54.3 Å². The molecule has 1 aliphatic heterocycles. The van der Waals surface area contributed by atoms with Crippen LogP contribution in [0.5, 0.6) is 5.75 Å². The Morgan fingerprint density at radius 1 is 1.12 bits per heavy atom. The van der Waals surface area contributed by atoms with Crippen molar-refractivity contribution in [3.8, 4) is 5.75 Å². The molecule has 24 heavy (non-hydrogen) atoms. The standard InChI is InChI=1S/C17H21Cl2N3O2/c1-13-11-14(24-20-13)12-22-7-5-21(6-8-22)9-10-23-17-15(18)3-2-4-16(17)19/h2-4,11H,5-10,12H2,1H3. The Balaban J connectivity index is 1.39. The summed E-state index contributed by atoms with van der Waals surface area (Å²) in [6.07, 6.45) is 0. The number of hydrogen-bond donors (Lipinski definition) is 0. The van der Waals surface area contributed by atoms with Crippen LogP contribution in [0, 0.1) is 6.92 Å². The van der Waals surface area contributed by atoms with Crippen molar-refractivity contribution in [1.82, 2.24) is 15.0 Å². The molecule has 1 aromatic carbocycles. The van der Waals surface area contributed by atoms with Crippen molar-refractivity contribution in [2.45, 2.75) is 13.5 Å². The normalized spacial score (nSPS) is 16.5.